The average molecular weight is 264 g/mol. The number of nitrogens with one attached hydrogen (secondary N) is 1. The lowest BCUT2D eigenvalue weighted by atomic mass is 10.0. The van der Waals surface area contributed by atoms with Crippen LogP contribution in [-0.4, -0.2) is 25.7 Å². The number of nitrogens with two attached hydrogens (primary N) is 1. The molecular formula is C15H24N2O2. The minimum absolute atomic E-state index is 0.0375. The minimum atomic E-state index is -0.252. The molecule has 0 radical (unpaired) electrons. The van der Waals surface area contributed by atoms with Gasteiger partial charge in [0.05, 0.1) is 6.61 Å². The van der Waals surface area contributed by atoms with Crippen molar-refractivity contribution in [1.29, 1.82) is 0 Å². The van der Waals surface area contributed by atoms with Gasteiger partial charge in [-0.2, -0.15) is 0 Å². The molecule has 0 bridgehead atoms. The summed E-state index contributed by atoms with van der Waals surface area (Å²) in [7, 11) is 0. The first-order chi connectivity index (χ1) is 9.09. The Hall–Kier alpha value is -1.39. The molecule has 0 saturated heterocycles. The standard InChI is InChI=1S/C15H24N2O2/c1-12(2)11-19-9-8-17-15(18)10-14(16)13-6-4-3-5-7-13/h3-7,12,14H,8-11,16H2,1-2H3,(H,17,18). The lowest BCUT2D eigenvalue weighted by Crippen LogP contribution is -2.30. The van der Waals surface area contributed by atoms with Gasteiger partial charge >= 0.3 is 0 Å². The van der Waals surface area contributed by atoms with Gasteiger partial charge in [0, 0.05) is 25.6 Å². The second kappa shape index (κ2) is 8.67. The Bertz CT molecular complexity index is 366. The largest absolute Gasteiger partial charge is 0.379 e. The van der Waals surface area contributed by atoms with Crippen molar-refractivity contribution in [1.82, 2.24) is 5.32 Å². The van der Waals surface area contributed by atoms with E-state index in [1.807, 2.05) is 30.3 Å². The molecule has 1 atom stereocenters. The fourth-order valence-electron chi connectivity index (χ4n) is 1.67. The summed E-state index contributed by atoms with van der Waals surface area (Å²) in [5.74, 6) is 0.478. The number of ether oxygens (including phenoxy) is 1. The summed E-state index contributed by atoms with van der Waals surface area (Å²) >= 11 is 0. The van der Waals surface area contributed by atoms with Crippen molar-refractivity contribution in [3.63, 3.8) is 0 Å². The van der Waals surface area contributed by atoms with Gasteiger partial charge in [-0.1, -0.05) is 44.2 Å². The zero-order chi connectivity index (χ0) is 14.1. The fourth-order valence-corrected chi connectivity index (χ4v) is 1.67. The van der Waals surface area contributed by atoms with Crippen LogP contribution in [0.5, 0.6) is 0 Å². The predicted molar refractivity (Wildman–Crippen MR) is 76.7 cm³/mol. The van der Waals surface area contributed by atoms with Gasteiger partial charge in [-0.25, -0.2) is 0 Å². The quantitative estimate of drug-likeness (QED) is 0.704. The van der Waals surface area contributed by atoms with E-state index in [-0.39, 0.29) is 11.9 Å². The summed E-state index contributed by atoms with van der Waals surface area (Å²) in [5, 5.41) is 2.81. The third kappa shape index (κ3) is 6.94. The van der Waals surface area contributed by atoms with Crippen LogP contribution in [0.1, 0.15) is 31.9 Å². The Kier molecular flexibility index (Phi) is 7.15. The zero-order valence-corrected chi connectivity index (χ0v) is 11.8. The van der Waals surface area contributed by atoms with E-state index in [1.54, 1.807) is 0 Å². The molecule has 0 saturated carbocycles. The highest BCUT2D eigenvalue weighted by molar-refractivity contribution is 5.76. The number of rotatable bonds is 8. The van der Waals surface area contributed by atoms with Crippen LogP contribution in [0.4, 0.5) is 0 Å². The topological polar surface area (TPSA) is 64.3 Å². The van der Waals surface area contributed by atoms with Gasteiger partial charge < -0.3 is 15.8 Å². The third-order valence-electron chi connectivity index (χ3n) is 2.65. The highest BCUT2D eigenvalue weighted by Gasteiger charge is 2.10. The lowest BCUT2D eigenvalue weighted by Gasteiger charge is -2.12. The van der Waals surface area contributed by atoms with Crippen molar-refractivity contribution in [2.45, 2.75) is 26.3 Å². The van der Waals surface area contributed by atoms with Gasteiger partial charge in [-0.3, -0.25) is 4.79 Å². The van der Waals surface area contributed by atoms with Crippen LogP contribution in [0, 0.1) is 5.92 Å². The van der Waals surface area contributed by atoms with E-state index in [4.69, 9.17) is 10.5 Å². The van der Waals surface area contributed by atoms with Crippen molar-refractivity contribution < 1.29 is 9.53 Å². The SMILES string of the molecule is CC(C)COCCNC(=O)CC(N)c1ccccc1. The first kappa shape index (κ1) is 15.7. The normalized spacial score (nSPS) is 12.4. The molecule has 19 heavy (non-hydrogen) atoms. The molecule has 0 aliphatic heterocycles. The molecular weight excluding hydrogens is 240 g/mol. The van der Waals surface area contributed by atoms with Gasteiger partial charge in [0.1, 0.15) is 0 Å². The van der Waals surface area contributed by atoms with E-state index >= 15 is 0 Å². The van der Waals surface area contributed by atoms with E-state index < -0.39 is 0 Å². The van der Waals surface area contributed by atoms with Gasteiger partial charge in [0.15, 0.2) is 0 Å². The van der Waals surface area contributed by atoms with Crippen LogP contribution in [0.2, 0.25) is 0 Å². The Labute approximate surface area is 115 Å². The monoisotopic (exact) mass is 264 g/mol. The van der Waals surface area contributed by atoms with Gasteiger partial charge in [-0.05, 0) is 11.5 Å². The summed E-state index contributed by atoms with van der Waals surface area (Å²) in [5.41, 5.74) is 6.95. The second-order valence-electron chi connectivity index (χ2n) is 5.04. The van der Waals surface area contributed by atoms with Crippen molar-refractivity contribution in [2.75, 3.05) is 19.8 Å². The smallest absolute Gasteiger partial charge is 0.221 e. The molecule has 0 heterocycles. The highest BCUT2D eigenvalue weighted by Crippen LogP contribution is 2.12. The number of benzene rings is 1. The summed E-state index contributed by atoms with van der Waals surface area (Å²) < 4.78 is 5.39. The van der Waals surface area contributed by atoms with Gasteiger partial charge in [0.25, 0.3) is 0 Å². The third-order valence-corrected chi connectivity index (χ3v) is 2.65. The highest BCUT2D eigenvalue weighted by atomic mass is 16.5. The molecule has 0 aliphatic rings. The minimum Gasteiger partial charge on any atom is -0.379 e. The van der Waals surface area contributed by atoms with Crippen molar-refractivity contribution >= 4 is 5.91 Å². The molecule has 0 spiro atoms. The maximum atomic E-state index is 11.7. The number of carbonyl (C=O) groups excluding carboxylic acids is 1. The summed E-state index contributed by atoms with van der Waals surface area (Å²) in [6, 6.07) is 9.40. The van der Waals surface area contributed by atoms with Crippen LogP contribution in [-0.2, 0) is 9.53 Å². The van der Waals surface area contributed by atoms with E-state index in [0.717, 1.165) is 12.2 Å². The number of amides is 1. The Morgan fingerprint density at radius 2 is 2.00 bits per heavy atom. The molecule has 0 aliphatic carbocycles. The molecule has 1 rings (SSSR count). The van der Waals surface area contributed by atoms with Gasteiger partial charge in [0.2, 0.25) is 5.91 Å². The number of hydrogen-bond donors (Lipinski definition) is 2. The molecule has 0 fully saturated rings. The van der Waals surface area contributed by atoms with E-state index in [0.29, 0.717) is 25.5 Å². The molecule has 4 heteroatoms. The summed E-state index contributed by atoms with van der Waals surface area (Å²) in [6.07, 6.45) is 0.300. The van der Waals surface area contributed by atoms with Crippen molar-refractivity contribution in [2.24, 2.45) is 11.7 Å². The van der Waals surface area contributed by atoms with Crippen LogP contribution >= 0.6 is 0 Å². The van der Waals surface area contributed by atoms with Crippen LogP contribution in [0.15, 0.2) is 30.3 Å². The predicted octanol–water partition coefficient (Wildman–Crippen LogP) is 1.87. The van der Waals surface area contributed by atoms with Gasteiger partial charge in [-0.15, -0.1) is 0 Å². The zero-order valence-electron chi connectivity index (χ0n) is 11.8. The fraction of sp³-hybridized carbons (Fsp3) is 0.533. The summed E-state index contributed by atoms with van der Waals surface area (Å²) in [6.45, 7) is 5.99. The molecule has 4 nitrogen and oxygen atoms in total. The molecule has 3 N–H and O–H groups in total. The van der Waals surface area contributed by atoms with Crippen molar-refractivity contribution in [3.05, 3.63) is 35.9 Å². The van der Waals surface area contributed by atoms with E-state index in [2.05, 4.69) is 19.2 Å². The maximum absolute atomic E-state index is 11.7. The van der Waals surface area contributed by atoms with Crippen LogP contribution in [0.25, 0.3) is 0 Å². The number of hydrogen-bond acceptors (Lipinski definition) is 3. The molecule has 106 valence electrons. The molecule has 1 aromatic rings. The Balaban J connectivity index is 2.17. The molecule has 1 amide bonds. The second-order valence-corrected chi connectivity index (χ2v) is 5.04. The Morgan fingerprint density at radius 1 is 1.32 bits per heavy atom. The van der Waals surface area contributed by atoms with E-state index in [1.165, 1.54) is 0 Å². The lowest BCUT2D eigenvalue weighted by molar-refractivity contribution is -0.121. The molecule has 0 aromatic heterocycles. The number of carbonyl (C=O) groups is 1. The Morgan fingerprint density at radius 3 is 2.63 bits per heavy atom. The average Bonchev–Trinajstić information content (AvgIpc) is 2.39. The van der Waals surface area contributed by atoms with Crippen LogP contribution < -0.4 is 11.1 Å². The van der Waals surface area contributed by atoms with Crippen molar-refractivity contribution in [3.8, 4) is 0 Å². The first-order valence-electron chi connectivity index (χ1n) is 6.74. The summed E-state index contributed by atoms with van der Waals surface area (Å²) in [4.78, 5) is 11.7. The maximum Gasteiger partial charge on any atom is 0.221 e. The molecule has 1 aromatic carbocycles. The van der Waals surface area contributed by atoms with E-state index in [9.17, 15) is 4.79 Å². The van der Waals surface area contributed by atoms with Crippen LogP contribution in [0.3, 0.4) is 0 Å². The first-order valence-corrected chi connectivity index (χ1v) is 6.74. The molecule has 1 unspecified atom stereocenters.